The first-order chi connectivity index (χ1) is 15.6. The van der Waals surface area contributed by atoms with E-state index in [0.717, 1.165) is 11.1 Å². The molecule has 1 fully saturated rings. The molecule has 1 heterocycles. The van der Waals surface area contributed by atoms with E-state index in [9.17, 15) is 14.9 Å². The van der Waals surface area contributed by atoms with Gasteiger partial charge in [-0.3, -0.25) is 9.59 Å². The summed E-state index contributed by atoms with van der Waals surface area (Å²) in [4.78, 5) is 25.4. The Labute approximate surface area is 203 Å². The van der Waals surface area contributed by atoms with Crippen molar-refractivity contribution in [3.05, 3.63) is 56.9 Å². The smallest absolute Gasteiger partial charge is 0.283 e. The second-order valence-electron chi connectivity index (χ2n) is 9.73. The number of halogens is 1. The largest absolute Gasteiger partial charge is 0.380 e. The molecule has 8 heteroatoms. The minimum absolute atomic E-state index is 0.224. The number of amides is 1. The van der Waals surface area contributed by atoms with Crippen molar-refractivity contribution in [2.45, 2.75) is 59.7 Å². The summed E-state index contributed by atoms with van der Waals surface area (Å²) >= 11 is 3.40. The van der Waals surface area contributed by atoms with Crippen molar-refractivity contribution >= 4 is 27.5 Å². The molecule has 5 atom stereocenters. The summed E-state index contributed by atoms with van der Waals surface area (Å²) < 4.78 is 1.45. The molecule has 7 nitrogen and oxygen atoms in total. The topological polar surface area (TPSA) is 99.8 Å². The number of rotatable bonds is 6. The minimum atomic E-state index is -0.792. The lowest BCUT2D eigenvalue weighted by Gasteiger charge is -2.50. The van der Waals surface area contributed by atoms with Crippen LogP contribution in [0.2, 0.25) is 0 Å². The predicted molar refractivity (Wildman–Crippen MR) is 132 cm³/mol. The van der Waals surface area contributed by atoms with E-state index in [1.807, 2.05) is 6.07 Å². The molecule has 33 heavy (non-hydrogen) atoms. The van der Waals surface area contributed by atoms with Crippen molar-refractivity contribution < 1.29 is 4.79 Å². The van der Waals surface area contributed by atoms with Crippen LogP contribution in [-0.4, -0.2) is 21.7 Å². The molecule has 1 aliphatic rings. The molecule has 176 valence electrons. The number of nitriles is 1. The number of carbonyl (C=O) groups is 1. The molecule has 1 saturated carbocycles. The molecular weight excluding hydrogens is 482 g/mol. The number of anilines is 1. The summed E-state index contributed by atoms with van der Waals surface area (Å²) in [6, 6.07) is 10.5. The number of carbonyl (C=O) groups excluding carboxylic acids is 1. The van der Waals surface area contributed by atoms with E-state index in [2.05, 4.69) is 72.4 Å². The van der Waals surface area contributed by atoms with Crippen LogP contribution >= 0.6 is 15.9 Å². The average molecular weight is 514 g/mol. The normalized spacial score (nSPS) is 25.0. The van der Waals surface area contributed by atoms with Crippen LogP contribution in [0.25, 0.3) is 0 Å². The second kappa shape index (κ2) is 10.1. The monoisotopic (exact) mass is 513 g/mol. The van der Waals surface area contributed by atoms with Gasteiger partial charge in [0.15, 0.2) is 0 Å². The Hall–Kier alpha value is -2.66. The van der Waals surface area contributed by atoms with Crippen LogP contribution < -0.4 is 16.2 Å². The molecule has 1 aromatic carbocycles. The third-order valence-electron chi connectivity index (χ3n) is 7.66. The van der Waals surface area contributed by atoms with Crippen LogP contribution in [0, 0.1) is 34.5 Å². The van der Waals surface area contributed by atoms with Gasteiger partial charge in [0.2, 0.25) is 5.91 Å². The summed E-state index contributed by atoms with van der Waals surface area (Å²) in [5, 5.41) is 19.8. The molecule has 1 aromatic heterocycles. The average Bonchev–Trinajstić information content (AvgIpc) is 2.80. The standard InChI is InChI=1S/C25H32BrN5O2/c1-15-11-19(16(2)17(3)25(15,4)5)29-21-13-28-31(24(33)23(21)26)14-22(32)30-20(12-27)18-9-7-6-8-10-18/h6-10,13,15-17,19-20,29H,11,14H2,1-5H3,(H,30,32)/t15-,16+,17+,19+,20?/m0/s1. The van der Waals surface area contributed by atoms with E-state index in [0.29, 0.717) is 33.5 Å². The van der Waals surface area contributed by atoms with Crippen LogP contribution in [0.4, 0.5) is 5.69 Å². The molecule has 0 aliphatic heterocycles. The Bertz CT molecular complexity index is 1090. The zero-order valence-electron chi connectivity index (χ0n) is 19.8. The lowest BCUT2D eigenvalue weighted by molar-refractivity contribution is -0.122. The first-order valence-electron chi connectivity index (χ1n) is 11.3. The Balaban J connectivity index is 1.71. The molecule has 0 spiro atoms. The van der Waals surface area contributed by atoms with Crippen molar-refractivity contribution in [1.29, 1.82) is 5.26 Å². The first-order valence-corrected chi connectivity index (χ1v) is 12.1. The van der Waals surface area contributed by atoms with Crippen LogP contribution in [0.3, 0.4) is 0 Å². The van der Waals surface area contributed by atoms with Crippen molar-refractivity contribution in [1.82, 2.24) is 15.1 Å². The molecule has 1 unspecified atom stereocenters. The molecule has 0 saturated heterocycles. The molecule has 0 radical (unpaired) electrons. The highest BCUT2D eigenvalue weighted by molar-refractivity contribution is 9.10. The lowest BCUT2D eigenvalue weighted by atomic mass is 9.58. The quantitative estimate of drug-likeness (QED) is 0.591. The van der Waals surface area contributed by atoms with Gasteiger partial charge in [0.05, 0.1) is 18.0 Å². The number of hydrogen-bond acceptors (Lipinski definition) is 5. The Kier molecular flexibility index (Phi) is 7.63. The highest BCUT2D eigenvalue weighted by Gasteiger charge is 2.43. The Morgan fingerprint density at radius 1 is 1.30 bits per heavy atom. The van der Waals surface area contributed by atoms with Gasteiger partial charge < -0.3 is 10.6 Å². The number of aromatic nitrogens is 2. The Morgan fingerprint density at radius 2 is 1.97 bits per heavy atom. The maximum Gasteiger partial charge on any atom is 0.283 e. The van der Waals surface area contributed by atoms with Crippen molar-refractivity contribution in [3.63, 3.8) is 0 Å². The van der Waals surface area contributed by atoms with Crippen molar-refractivity contribution in [2.24, 2.45) is 23.2 Å². The summed E-state index contributed by atoms with van der Waals surface area (Å²) in [6.07, 6.45) is 2.59. The summed E-state index contributed by atoms with van der Waals surface area (Å²) in [5.74, 6) is 1.03. The number of hydrogen-bond donors (Lipinski definition) is 2. The zero-order valence-corrected chi connectivity index (χ0v) is 21.4. The van der Waals surface area contributed by atoms with Crippen LogP contribution in [0.5, 0.6) is 0 Å². The molecule has 3 rings (SSSR count). The highest BCUT2D eigenvalue weighted by Crippen LogP contribution is 2.48. The lowest BCUT2D eigenvalue weighted by Crippen LogP contribution is -2.48. The fourth-order valence-electron chi connectivity index (χ4n) is 4.62. The van der Waals surface area contributed by atoms with Crippen LogP contribution in [0.1, 0.15) is 52.6 Å². The number of benzene rings is 1. The van der Waals surface area contributed by atoms with E-state index in [1.54, 1.807) is 30.5 Å². The van der Waals surface area contributed by atoms with Gasteiger partial charge in [-0.2, -0.15) is 10.4 Å². The van der Waals surface area contributed by atoms with Gasteiger partial charge in [-0.25, -0.2) is 4.68 Å². The first kappa shape index (κ1) is 25.0. The zero-order chi connectivity index (χ0) is 24.3. The fourth-order valence-corrected chi connectivity index (χ4v) is 5.04. The van der Waals surface area contributed by atoms with Gasteiger partial charge in [-0.1, -0.05) is 65.0 Å². The maximum atomic E-state index is 12.9. The van der Waals surface area contributed by atoms with Gasteiger partial charge in [0.25, 0.3) is 5.56 Å². The minimum Gasteiger partial charge on any atom is -0.380 e. The SMILES string of the molecule is C[C@@H]1[C@@H](C)C(C)(C)[C@@H](C)C[C@H]1Nc1cnn(CC(=O)NC(C#N)c2ccccc2)c(=O)c1Br. The van der Waals surface area contributed by atoms with Crippen LogP contribution in [-0.2, 0) is 11.3 Å². The van der Waals surface area contributed by atoms with Gasteiger partial charge in [0.1, 0.15) is 17.1 Å². The number of nitrogens with one attached hydrogen (secondary N) is 2. The van der Waals surface area contributed by atoms with Crippen LogP contribution in [0.15, 0.2) is 45.8 Å². The number of nitrogens with zero attached hydrogens (tertiary/aromatic N) is 3. The molecule has 2 aromatic rings. The van der Waals surface area contributed by atoms with E-state index < -0.39 is 17.5 Å². The van der Waals surface area contributed by atoms with E-state index in [1.165, 1.54) is 0 Å². The summed E-state index contributed by atoms with van der Waals surface area (Å²) in [6.45, 7) is 11.2. The van der Waals surface area contributed by atoms with E-state index in [-0.39, 0.29) is 18.0 Å². The van der Waals surface area contributed by atoms with E-state index >= 15 is 0 Å². The van der Waals surface area contributed by atoms with Gasteiger partial charge in [-0.05, 0) is 51.1 Å². The fraction of sp³-hybridized carbons (Fsp3) is 0.520. The van der Waals surface area contributed by atoms with Crippen molar-refractivity contribution in [3.8, 4) is 6.07 Å². The second-order valence-corrected chi connectivity index (χ2v) is 10.5. The third-order valence-corrected chi connectivity index (χ3v) is 8.43. The predicted octanol–water partition coefficient (Wildman–Crippen LogP) is 4.51. The Morgan fingerprint density at radius 3 is 2.61 bits per heavy atom. The molecule has 2 N–H and O–H groups in total. The molecular formula is C25H32BrN5O2. The van der Waals surface area contributed by atoms with Gasteiger partial charge in [-0.15, -0.1) is 0 Å². The summed E-state index contributed by atoms with van der Waals surface area (Å²) in [7, 11) is 0. The third kappa shape index (κ3) is 5.30. The van der Waals surface area contributed by atoms with Gasteiger partial charge >= 0.3 is 0 Å². The van der Waals surface area contributed by atoms with E-state index in [4.69, 9.17) is 0 Å². The molecule has 1 amide bonds. The highest BCUT2D eigenvalue weighted by atomic mass is 79.9. The van der Waals surface area contributed by atoms with Gasteiger partial charge in [0, 0.05) is 6.04 Å². The summed E-state index contributed by atoms with van der Waals surface area (Å²) in [5.41, 5.74) is 1.17. The maximum absolute atomic E-state index is 12.9. The molecule has 1 aliphatic carbocycles. The molecule has 0 bridgehead atoms. The van der Waals surface area contributed by atoms with Crippen molar-refractivity contribution in [2.75, 3.05) is 5.32 Å².